The van der Waals surface area contributed by atoms with E-state index >= 15 is 0 Å². The van der Waals surface area contributed by atoms with Gasteiger partial charge in [-0.1, -0.05) is 74.0 Å². The van der Waals surface area contributed by atoms with Crippen LogP contribution in [0.2, 0.25) is 5.02 Å². The van der Waals surface area contributed by atoms with E-state index in [2.05, 4.69) is 5.32 Å². The molecule has 0 heterocycles. The Labute approximate surface area is 248 Å². The van der Waals surface area contributed by atoms with Crippen molar-refractivity contribution in [2.24, 2.45) is 0 Å². The minimum absolute atomic E-state index is 0.0251. The highest BCUT2D eigenvalue weighted by molar-refractivity contribution is 7.92. The molecule has 220 valence electrons. The fourth-order valence-electron chi connectivity index (χ4n) is 4.40. The van der Waals surface area contributed by atoms with Crippen molar-refractivity contribution in [1.29, 1.82) is 0 Å². The summed E-state index contributed by atoms with van der Waals surface area (Å²) in [6.07, 6.45) is 1.60. The molecule has 0 saturated heterocycles. The number of carbonyl (C=O) groups is 2. The molecule has 41 heavy (non-hydrogen) atoms. The van der Waals surface area contributed by atoms with E-state index in [-0.39, 0.29) is 34.1 Å². The summed E-state index contributed by atoms with van der Waals surface area (Å²) in [5, 5.41) is 3.18. The summed E-state index contributed by atoms with van der Waals surface area (Å²) >= 11 is 6.37. The molecule has 0 aliphatic heterocycles. The topological polar surface area (TPSA) is 96.0 Å². The summed E-state index contributed by atoms with van der Waals surface area (Å²) in [6, 6.07) is 21.2. The van der Waals surface area contributed by atoms with Crippen LogP contribution in [-0.4, -0.2) is 57.4 Å². The zero-order chi connectivity index (χ0) is 30.0. The van der Waals surface area contributed by atoms with Crippen molar-refractivity contribution in [1.82, 2.24) is 10.2 Å². The van der Waals surface area contributed by atoms with Gasteiger partial charge in [0, 0.05) is 12.6 Å². The summed E-state index contributed by atoms with van der Waals surface area (Å²) < 4.78 is 34.1. The van der Waals surface area contributed by atoms with Crippen molar-refractivity contribution in [2.75, 3.05) is 24.5 Å². The highest BCUT2D eigenvalue weighted by Crippen LogP contribution is 2.32. The minimum atomic E-state index is -4.18. The summed E-state index contributed by atoms with van der Waals surface area (Å²) in [5.41, 5.74) is 1.20. The van der Waals surface area contributed by atoms with Crippen LogP contribution in [0.3, 0.4) is 0 Å². The second-order valence-electron chi connectivity index (χ2n) is 9.71. The molecule has 2 amide bonds. The standard InChI is InChI=1S/C31H38ClN3O5S/c1-5-23(3)33-31(37)28(6-2)34(20-19-24-13-9-7-10-14-24)30(36)22-35(25-17-18-29(40-4)27(32)21-25)41(38,39)26-15-11-8-12-16-26/h7-18,21,23,28H,5-6,19-20,22H2,1-4H3,(H,33,37). The smallest absolute Gasteiger partial charge is 0.264 e. The Morgan fingerprint density at radius 1 is 0.951 bits per heavy atom. The van der Waals surface area contributed by atoms with E-state index < -0.39 is 28.5 Å². The third-order valence-electron chi connectivity index (χ3n) is 6.90. The molecular weight excluding hydrogens is 562 g/mol. The number of nitrogens with zero attached hydrogens (tertiary/aromatic N) is 2. The molecule has 0 aliphatic rings. The fraction of sp³-hybridized carbons (Fsp3) is 0.355. The van der Waals surface area contributed by atoms with Gasteiger partial charge in [0.25, 0.3) is 10.0 Å². The first-order chi connectivity index (χ1) is 19.6. The molecule has 3 aromatic carbocycles. The first-order valence-electron chi connectivity index (χ1n) is 13.7. The molecule has 0 saturated carbocycles. The van der Waals surface area contributed by atoms with Gasteiger partial charge >= 0.3 is 0 Å². The lowest BCUT2D eigenvalue weighted by Gasteiger charge is -2.33. The molecule has 0 bridgehead atoms. The quantitative estimate of drug-likeness (QED) is 0.271. The molecule has 10 heteroatoms. The molecule has 3 rings (SSSR count). The van der Waals surface area contributed by atoms with Crippen molar-refractivity contribution >= 4 is 39.1 Å². The lowest BCUT2D eigenvalue weighted by molar-refractivity contribution is -0.139. The maximum absolute atomic E-state index is 14.1. The van der Waals surface area contributed by atoms with Crippen LogP contribution in [0.4, 0.5) is 5.69 Å². The second kappa shape index (κ2) is 14.9. The number of amides is 2. The van der Waals surface area contributed by atoms with E-state index in [1.165, 1.54) is 30.2 Å². The van der Waals surface area contributed by atoms with Crippen molar-refractivity contribution in [3.8, 4) is 5.75 Å². The van der Waals surface area contributed by atoms with Gasteiger partial charge in [-0.3, -0.25) is 13.9 Å². The zero-order valence-electron chi connectivity index (χ0n) is 23.9. The summed E-state index contributed by atoms with van der Waals surface area (Å²) in [4.78, 5) is 28.9. The number of benzene rings is 3. The van der Waals surface area contributed by atoms with Gasteiger partial charge in [0.1, 0.15) is 18.3 Å². The Balaban J connectivity index is 2.03. The fourth-order valence-corrected chi connectivity index (χ4v) is 6.07. The van der Waals surface area contributed by atoms with Crippen molar-refractivity contribution in [3.05, 3.63) is 89.4 Å². The Morgan fingerprint density at radius 3 is 2.15 bits per heavy atom. The Morgan fingerprint density at radius 2 is 1.59 bits per heavy atom. The monoisotopic (exact) mass is 599 g/mol. The molecule has 0 fully saturated rings. The number of sulfonamides is 1. The van der Waals surface area contributed by atoms with Crippen LogP contribution in [0.1, 0.15) is 39.2 Å². The van der Waals surface area contributed by atoms with E-state index in [4.69, 9.17) is 16.3 Å². The maximum atomic E-state index is 14.1. The van der Waals surface area contributed by atoms with Gasteiger partial charge in [-0.15, -0.1) is 0 Å². The van der Waals surface area contributed by atoms with Crippen LogP contribution >= 0.6 is 11.6 Å². The largest absolute Gasteiger partial charge is 0.495 e. The van der Waals surface area contributed by atoms with Gasteiger partial charge in [-0.25, -0.2) is 8.42 Å². The van der Waals surface area contributed by atoms with Crippen molar-refractivity contribution in [2.45, 2.75) is 57.0 Å². The van der Waals surface area contributed by atoms with Crippen LogP contribution in [0.25, 0.3) is 0 Å². The van der Waals surface area contributed by atoms with Crippen LogP contribution < -0.4 is 14.4 Å². The van der Waals surface area contributed by atoms with Crippen LogP contribution in [0, 0.1) is 0 Å². The molecule has 0 aromatic heterocycles. The number of hydrogen-bond donors (Lipinski definition) is 1. The molecule has 0 radical (unpaired) electrons. The Kier molecular flexibility index (Phi) is 11.6. The molecular formula is C31H38ClN3O5S. The average Bonchev–Trinajstić information content (AvgIpc) is 2.98. The number of methoxy groups -OCH3 is 1. The SMILES string of the molecule is CCC(C)NC(=O)C(CC)N(CCc1ccccc1)C(=O)CN(c1ccc(OC)c(Cl)c1)S(=O)(=O)c1ccccc1. The van der Waals surface area contributed by atoms with Crippen molar-refractivity contribution < 1.29 is 22.7 Å². The van der Waals surface area contributed by atoms with Gasteiger partial charge in [-0.05, 0) is 62.1 Å². The number of halogens is 1. The predicted octanol–water partition coefficient (Wildman–Crippen LogP) is 5.31. The third kappa shape index (κ3) is 8.24. The lowest BCUT2D eigenvalue weighted by atomic mass is 10.1. The molecule has 3 aromatic rings. The number of carbonyl (C=O) groups excluding carboxylic acids is 2. The molecule has 0 spiro atoms. The van der Waals surface area contributed by atoms with Crippen LogP contribution in [-0.2, 0) is 26.0 Å². The summed E-state index contributed by atoms with van der Waals surface area (Å²) in [5.74, 6) is -0.400. The predicted molar refractivity (Wildman–Crippen MR) is 163 cm³/mol. The van der Waals surface area contributed by atoms with Gasteiger partial charge < -0.3 is 15.0 Å². The van der Waals surface area contributed by atoms with Gasteiger partial charge in [0.05, 0.1) is 22.7 Å². The molecule has 1 N–H and O–H groups in total. The zero-order valence-corrected chi connectivity index (χ0v) is 25.5. The molecule has 8 nitrogen and oxygen atoms in total. The number of hydrogen-bond acceptors (Lipinski definition) is 5. The number of rotatable bonds is 14. The Hall–Kier alpha value is -3.56. The lowest BCUT2D eigenvalue weighted by Crippen LogP contribution is -2.54. The molecule has 2 atom stereocenters. The summed E-state index contributed by atoms with van der Waals surface area (Å²) in [7, 11) is -2.71. The maximum Gasteiger partial charge on any atom is 0.264 e. The second-order valence-corrected chi connectivity index (χ2v) is 12.0. The number of anilines is 1. The van der Waals surface area contributed by atoms with Crippen LogP contribution in [0.5, 0.6) is 5.75 Å². The van der Waals surface area contributed by atoms with E-state index in [9.17, 15) is 18.0 Å². The normalized spacial score (nSPS) is 12.7. The van der Waals surface area contributed by atoms with E-state index in [0.717, 1.165) is 16.3 Å². The first-order valence-corrected chi connectivity index (χ1v) is 15.5. The highest BCUT2D eigenvalue weighted by Gasteiger charge is 2.34. The molecule has 0 aliphatic carbocycles. The molecule has 2 unspecified atom stereocenters. The van der Waals surface area contributed by atoms with Gasteiger partial charge in [0.2, 0.25) is 11.8 Å². The summed E-state index contributed by atoms with van der Waals surface area (Å²) in [6.45, 7) is 5.42. The third-order valence-corrected chi connectivity index (χ3v) is 8.99. The highest BCUT2D eigenvalue weighted by atomic mass is 35.5. The first kappa shape index (κ1) is 32.0. The van der Waals surface area contributed by atoms with Crippen molar-refractivity contribution in [3.63, 3.8) is 0 Å². The number of nitrogens with one attached hydrogen (secondary N) is 1. The minimum Gasteiger partial charge on any atom is -0.495 e. The average molecular weight is 600 g/mol. The van der Waals surface area contributed by atoms with Gasteiger partial charge in [-0.2, -0.15) is 0 Å². The number of ether oxygens (including phenoxy) is 1. The van der Waals surface area contributed by atoms with E-state index in [1.807, 2.05) is 51.1 Å². The van der Waals surface area contributed by atoms with Crippen LogP contribution in [0.15, 0.2) is 83.8 Å². The van der Waals surface area contributed by atoms with E-state index in [0.29, 0.717) is 18.6 Å². The van der Waals surface area contributed by atoms with Gasteiger partial charge in [0.15, 0.2) is 0 Å². The van der Waals surface area contributed by atoms with E-state index in [1.54, 1.807) is 30.3 Å². The Bertz CT molecular complexity index is 1400.